The van der Waals surface area contributed by atoms with Gasteiger partial charge in [0.2, 0.25) is 5.88 Å². The largest absolute Gasteiger partial charge is 0.439 e. The van der Waals surface area contributed by atoms with E-state index in [1.165, 1.54) is 6.07 Å². The molecule has 37 heavy (non-hydrogen) atoms. The summed E-state index contributed by atoms with van der Waals surface area (Å²) in [5.74, 6) is 0.953. The Morgan fingerprint density at radius 2 is 1.97 bits per heavy atom. The minimum Gasteiger partial charge on any atom is -0.439 e. The Balaban J connectivity index is 1.13. The molecule has 2 aliphatic heterocycles. The third-order valence-electron chi connectivity index (χ3n) is 6.87. The van der Waals surface area contributed by atoms with Crippen molar-refractivity contribution in [2.24, 2.45) is 5.92 Å². The monoisotopic (exact) mass is 512 g/mol. The van der Waals surface area contributed by atoms with E-state index in [4.69, 9.17) is 9.47 Å². The first-order valence-corrected chi connectivity index (χ1v) is 12.2. The summed E-state index contributed by atoms with van der Waals surface area (Å²) in [5, 5.41) is 2.88. The lowest BCUT2D eigenvalue weighted by Gasteiger charge is -2.38. The van der Waals surface area contributed by atoms with Gasteiger partial charge in [-0.05, 0) is 67.5 Å². The van der Waals surface area contributed by atoms with Crippen molar-refractivity contribution in [3.8, 4) is 11.6 Å². The summed E-state index contributed by atoms with van der Waals surface area (Å²) in [4.78, 5) is 22.2. The molecule has 0 bridgehead atoms. The topological polar surface area (TPSA) is 76.6 Å². The van der Waals surface area contributed by atoms with Crippen LogP contribution in [0.2, 0.25) is 0 Å². The zero-order valence-corrected chi connectivity index (χ0v) is 20.1. The fraction of sp³-hybridized carbons (Fsp3) is 0.370. The summed E-state index contributed by atoms with van der Waals surface area (Å²) in [6.07, 6.45) is 2.89. The van der Waals surface area contributed by atoms with E-state index in [1.807, 2.05) is 23.1 Å². The zero-order valence-electron chi connectivity index (χ0n) is 20.1. The van der Waals surface area contributed by atoms with Crippen LogP contribution in [-0.4, -0.2) is 46.2 Å². The summed E-state index contributed by atoms with van der Waals surface area (Å²) >= 11 is 0. The molecule has 1 aromatic carbocycles. The van der Waals surface area contributed by atoms with Gasteiger partial charge in [-0.25, -0.2) is 9.78 Å². The fourth-order valence-electron chi connectivity index (χ4n) is 4.97. The Morgan fingerprint density at radius 3 is 2.68 bits per heavy atom. The quantitative estimate of drug-likeness (QED) is 0.458. The number of aromatic nitrogens is 2. The minimum absolute atomic E-state index is 0.104. The lowest BCUT2D eigenvalue weighted by molar-refractivity contribution is -0.137. The van der Waals surface area contributed by atoms with Crippen molar-refractivity contribution >= 4 is 11.7 Å². The highest BCUT2D eigenvalue weighted by molar-refractivity contribution is 5.89. The Labute approximate surface area is 212 Å². The van der Waals surface area contributed by atoms with Crippen LogP contribution >= 0.6 is 0 Å². The highest BCUT2D eigenvalue weighted by Crippen LogP contribution is 2.40. The van der Waals surface area contributed by atoms with Crippen molar-refractivity contribution < 1.29 is 27.4 Å². The Bertz CT molecular complexity index is 1210. The molecule has 0 aliphatic carbocycles. The van der Waals surface area contributed by atoms with Crippen molar-refractivity contribution in [1.82, 2.24) is 14.9 Å². The molecule has 1 atom stereocenters. The van der Waals surface area contributed by atoms with Gasteiger partial charge in [-0.2, -0.15) is 13.2 Å². The summed E-state index contributed by atoms with van der Waals surface area (Å²) in [6.45, 7) is 1.90. The van der Waals surface area contributed by atoms with E-state index in [0.717, 1.165) is 43.5 Å². The molecule has 194 valence electrons. The maximum Gasteiger partial charge on any atom is 0.417 e. The summed E-state index contributed by atoms with van der Waals surface area (Å²) in [6, 6.07) is 13.1. The number of benzene rings is 1. The van der Waals surface area contributed by atoms with Crippen LogP contribution in [-0.2, 0) is 17.3 Å². The number of likely N-dealkylation sites (tertiary alicyclic amines) is 1. The summed E-state index contributed by atoms with van der Waals surface area (Å²) in [5.41, 5.74) is 0.700. The van der Waals surface area contributed by atoms with Gasteiger partial charge in [0.15, 0.2) is 0 Å². The predicted molar refractivity (Wildman–Crippen MR) is 130 cm³/mol. The third kappa shape index (κ3) is 6.19. The molecule has 0 saturated carbocycles. The Kier molecular flexibility index (Phi) is 7.01. The number of nitrogens with one attached hydrogen (secondary N) is 1. The van der Waals surface area contributed by atoms with Crippen LogP contribution in [0.15, 0.2) is 67.1 Å². The van der Waals surface area contributed by atoms with E-state index in [0.29, 0.717) is 37.1 Å². The molecule has 2 saturated heterocycles. The van der Waals surface area contributed by atoms with Gasteiger partial charge in [-0.1, -0.05) is 12.1 Å². The minimum atomic E-state index is -4.44. The summed E-state index contributed by atoms with van der Waals surface area (Å²) in [7, 11) is 0. The number of carbonyl (C=O) groups is 1. The lowest BCUT2D eigenvalue weighted by atomic mass is 9.83. The average molecular weight is 513 g/mol. The number of halogens is 3. The highest BCUT2D eigenvalue weighted by Gasteiger charge is 2.43. The number of ether oxygens (including phenoxy) is 2. The number of pyridine rings is 2. The van der Waals surface area contributed by atoms with Crippen molar-refractivity contribution in [1.29, 1.82) is 0 Å². The SMILES string of the molecule is O=C(Nc1cccnc1)N1CCC2(CC1)CC(Cc1cccc(Oc3ccc(C(F)(F)F)cn3)c1)CO2. The van der Waals surface area contributed by atoms with Crippen LogP contribution in [0.4, 0.5) is 23.7 Å². The molecule has 7 nitrogen and oxygen atoms in total. The first-order chi connectivity index (χ1) is 17.8. The van der Waals surface area contributed by atoms with E-state index < -0.39 is 11.7 Å². The molecule has 2 amide bonds. The molecule has 2 fully saturated rings. The van der Waals surface area contributed by atoms with Gasteiger partial charge in [-0.3, -0.25) is 4.98 Å². The number of hydrogen-bond acceptors (Lipinski definition) is 5. The standard InChI is InChI=1S/C27H27F3N4O3/c28-27(29,30)21-6-7-24(32-16-21)37-23-5-1-3-19(14-23)13-20-15-26(36-18-20)8-11-34(12-9-26)25(35)33-22-4-2-10-31-17-22/h1-7,10,14,16-17,20H,8-9,11-13,15,18H2,(H,33,35). The van der Waals surface area contributed by atoms with E-state index in [9.17, 15) is 18.0 Å². The van der Waals surface area contributed by atoms with E-state index in [2.05, 4.69) is 15.3 Å². The number of alkyl halides is 3. The molecule has 4 heterocycles. The molecule has 10 heteroatoms. The second kappa shape index (κ2) is 10.4. The number of rotatable bonds is 5. The molecule has 1 spiro atoms. The van der Waals surface area contributed by atoms with Crippen molar-refractivity contribution in [2.75, 3.05) is 25.0 Å². The van der Waals surface area contributed by atoms with Crippen molar-refractivity contribution in [2.45, 2.75) is 37.5 Å². The number of amides is 2. The maximum atomic E-state index is 12.7. The van der Waals surface area contributed by atoms with Gasteiger partial charge >= 0.3 is 12.2 Å². The second-order valence-corrected chi connectivity index (χ2v) is 9.56. The normalized spacial score (nSPS) is 19.1. The zero-order chi connectivity index (χ0) is 25.9. The van der Waals surface area contributed by atoms with Crippen LogP contribution in [0.25, 0.3) is 0 Å². The molecule has 5 rings (SSSR count). The Hall–Kier alpha value is -3.66. The number of nitrogens with zero attached hydrogens (tertiary/aromatic N) is 3. The second-order valence-electron chi connectivity index (χ2n) is 9.56. The smallest absolute Gasteiger partial charge is 0.417 e. The lowest BCUT2D eigenvalue weighted by Crippen LogP contribution is -2.47. The molecule has 3 aromatic rings. The van der Waals surface area contributed by atoms with Crippen LogP contribution < -0.4 is 10.1 Å². The highest BCUT2D eigenvalue weighted by atomic mass is 19.4. The number of hydrogen-bond donors (Lipinski definition) is 1. The predicted octanol–water partition coefficient (Wildman–Crippen LogP) is 5.93. The fourth-order valence-corrected chi connectivity index (χ4v) is 4.97. The summed E-state index contributed by atoms with van der Waals surface area (Å²) < 4.78 is 50.2. The van der Waals surface area contributed by atoms with Crippen LogP contribution in [0.3, 0.4) is 0 Å². The molecule has 2 aromatic heterocycles. The molecule has 2 aliphatic rings. The molecular formula is C27H27F3N4O3. The van der Waals surface area contributed by atoms with Crippen LogP contribution in [0.1, 0.15) is 30.4 Å². The first-order valence-electron chi connectivity index (χ1n) is 12.2. The molecule has 1 N–H and O–H groups in total. The van der Waals surface area contributed by atoms with Crippen LogP contribution in [0, 0.1) is 5.92 Å². The maximum absolute atomic E-state index is 12.7. The number of urea groups is 1. The number of carbonyl (C=O) groups excluding carboxylic acids is 1. The number of anilines is 1. The average Bonchev–Trinajstić information content (AvgIpc) is 3.26. The van der Waals surface area contributed by atoms with Gasteiger partial charge < -0.3 is 19.7 Å². The van der Waals surface area contributed by atoms with Crippen molar-refractivity contribution in [3.63, 3.8) is 0 Å². The van der Waals surface area contributed by atoms with E-state index >= 15 is 0 Å². The van der Waals surface area contributed by atoms with Gasteiger partial charge in [0.1, 0.15) is 5.75 Å². The third-order valence-corrected chi connectivity index (χ3v) is 6.87. The van der Waals surface area contributed by atoms with E-state index in [-0.39, 0.29) is 17.5 Å². The number of piperidine rings is 1. The van der Waals surface area contributed by atoms with E-state index in [1.54, 1.807) is 30.6 Å². The Morgan fingerprint density at radius 1 is 1.14 bits per heavy atom. The van der Waals surface area contributed by atoms with Gasteiger partial charge in [0.05, 0.1) is 29.7 Å². The molecular weight excluding hydrogens is 485 g/mol. The first kappa shape index (κ1) is 25.0. The molecule has 1 unspecified atom stereocenters. The van der Waals surface area contributed by atoms with Gasteiger partial charge in [-0.15, -0.1) is 0 Å². The van der Waals surface area contributed by atoms with Crippen LogP contribution in [0.5, 0.6) is 11.6 Å². The van der Waals surface area contributed by atoms with Gasteiger partial charge in [0.25, 0.3) is 0 Å². The van der Waals surface area contributed by atoms with Crippen molar-refractivity contribution in [3.05, 3.63) is 78.2 Å². The van der Waals surface area contributed by atoms with Gasteiger partial charge in [0, 0.05) is 31.5 Å². The molecule has 0 radical (unpaired) electrons.